The van der Waals surface area contributed by atoms with Crippen molar-refractivity contribution >= 4 is 0 Å². The van der Waals surface area contributed by atoms with Gasteiger partial charge in [0.15, 0.2) is 0 Å². The SMILES string of the molecule is Cc1nn(C2CCOC2)c2c1CCCC2. The smallest absolute Gasteiger partial charge is 0.0777 e. The molecule has 1 fully saturated rings. The lowest BCUT2D eigenvalue weighted by Gasteiger charge is -2.17. The van der Waals surface area contributed by atoms with E-state index in [1.54, 1.807) is 0 Å². The Balaban J connectivity index is 1.99. The number of fused-ring (bicyclic) bond motifs is 1. The predicted octanol–water partition coefficient (Wildman–Crippen LogP) is 2.03. The van der Waals surface area contributed by atoms with Gasteiger partial charge in [0.1, 0.15) is 0 Å². The van der Waals surface area contributed by atoms with Crippen LogP contribution in [0.5, 0.6) is 0 Å². The van der Waals surface area contributed by atoms with Crippen molar-refractivity contribution < 1.29 is 4.74 Å². The van der Waals surface area contributed by atoms with Crippen molar-refractivity contribution in [2.24, 2.45) is 0 Å². The highest BCUT2D eigenvalue weighted by molar-refractivity contribution is 5.28. The minimum Gasteiger partial charge on any atom is -0.379 e. The topological polar surface area (TPSA) is 27.1 Å². The zero-order valence-corrected chi connectivity index (χ0v) is 9.33. The van der Waals surface area contributed by atoms with Crippen molar-refractivity contribution in [3.05, 3.63) is 17.0 Å². The summed E-state index contributed by atoms with van der Waals surface area (Å²) in [5.74, 6) is 0. The van der Waals surface area contributed by atoms with Gasteiger partial charge in [-0.3, -0.25) is 4.68 Å². The predicted molar refractivity (Wildman–Crippen MR) is 58.1 cm³/mol. The maximum absolute atomic E-state index is 5.45. The molecule has 2 heterocycles. The van der Waals surface area contributed by atoms with Crippen molar-refractivity contribution in [2.45, 2.75) is 45.1 Å². The van der Waals surface area contributed by atoms with Crippen molar-refractivity contribution in [2.75, 3.05) is 13.2 Å². The van der Waals surface area contributed by atoms with E-state index in [1.165, 1.54) is 42.6 Å². The molecule has 1 aromatic heterocycles. The first-order chi connectivity index (χ1) is 7.36. The fourth-order valence-corrected chi connectivity index (χ4v) is 2.83. The average molecular weight is 206 g/mol. The first kappa shape index (κ1) is 9.40. The molecule has 1 unspecified atom stereocenters. The third kappa shape index (κ3) is 1.49. The molecule has 3 heteroatoms. The highest BCUT2D eigenvalue weighted by Crippen LogP contribution is 2.29. The Morgan fingerprint density at radius 3 is 3.00 bits per heavy atom. The van der Waals surface area contributed by atoms with Crippen LogP contribution in [-0.2, 0) is 17.6 Å². The van der Waals surface area contributed by atoms with Gasteiger partial charge in [-0.25, -0.2) is 0 Å². The maximum Gasteiger partial charge on any atom is 0.0777 e. The third-order valence-electron chi connectivity index (χ3n) is 3.66. The molecule has 1 aliphatic heterocycles. The summed E-state index contributed by atoms with van der Waals surface area (Å²) in [6, 6.07) is 0.505. The summed E-state index contributed by atoms with van der Waals surface area (Å²) >= 11 is 0. The summed E-state index contributed by atoms with van der Waals surface area (Å²) in [5.41, 5.74) is 4.26. The lowest BCUT2D eigenvalue weighted by Crippen LogP contribution is -2.15. The van der Waals surface area contributed by atoms with E-state index in [2.05, 4.69) is 11.6 Å². The Bertz CT molecular complexity index is 364. The van der Waals surface area contributed by atoms with Crippen LogP contribution in [0.4, 0.5) is 0 Å². The molecule has 3 rings (SSSR count). The molecule has 0 amide bonds. The molecule has 1 atom stereocenters. The van der Waals surface area contributed by atoms with Gasteiger partial charge >= 0.3 is 0 Å². The van der Waals surface area contributed by atoms with E-state index >= 15 is 0 Å². The first-order valence-electron chi connectivity index (χ1n) is 6.01. The second kappa shape index (κ2) is 3.63. The van der Waals surface area contributed by atoms with Crippen molar-refractivity contribution in [3.8, 4) is 0 Å². The number of nitrogens with zero attached hydrogens (tertiary/aromatic N) is 2. The Hall–Kier alpha value is -0.830. The molecule has 1 aliphatic carbocycles. The summed E-state index contributed by atoms with van der Waals surface area (Å²) in [6.45, 7) is 3.91. The summed E-state index contributed by atoms with van der Waals surface area (Å²) in [4.78, 5) is 0. The summed E-state index contributed by atoms with van der Waals surface area (Å²) in [5, 5.41) is 4.71. The van der Waals surface area contributed by atoms with Gasteiger partial charge in [0, 0.05) is 12.3 Å². The zero-order valence-electron chi connectivity index (χ0n) is 9.33. The zero-order chi connectivity index (χ0) is 10.3. The Morgan fingerprint density at radius 2 is 2.20 bits per heavy atom. The molecule has 0 N–H and O–H groups in total. The quantitative estimate of drug-likeness (QED) is 0.703. The van der Waals surface area contributed by atoms with Crippen LogP contribution in [0, 0.1) is 6.92 Å². The van der Waals surface area contributed by atoms with E-state index in [-0.39, 0.29) is 0 Å². The molecule has 82 valence electrons. The monoisotopic (exact) mass is 206 g/mol. The Morgan fingerprint density at radius 1 is 1.33 bits per heavy atom. The van der Waals surface area contributed by atoms with Gasteiger partial charge in [-0.1, -0.05) is 0 Å². The molecule has 1 saturated heterocycles. The number of hydrogen-bond donors (Lipinski definition) is 0. The highest BCUT2D eigenvalue weighted by atomic mass is 16.5. The van der Waals surface area contributed by atoms with Crippen LogP contribution in [0.25, 0.3) is 0 Å². The number of ether oxygens (including phenoxy) is 1. The Kier molecular flexibility index (Phi) is 2.28. The number of aryl methyl sites for hydroxylation is 1. The van der Waals surface area contributed by atoms with Gasteiger partial charge in [0.05, 0.1) is 18.3 Å². The number of rotatable bonds is 1. The summed E-state index contributed by atoms with van der Waals surface area (Å²) in [7, 11) is 0. The molecule has 2 aliphatic rings. The van der Waals surface area contributed by atoms with Crippen LogP contribution < -0.4 is 0 Å². The molecule has 0 aromatic carbocycles. The lowest BCUT2D eigenvalue weighted by molar-refractivity contribution is 0.183. The fraction of sp³-hybridized carbons (Fsp3) is 0.750. The van der Waals surface area contributed by atoms with Crippen LogP contribution >= 0.6 is 0 Å². The van der Waals surface area contributed by atoms with Crippen LogP contribution in [-0.4, -0.2) is 23.0 Å². The van der Waals surface area contributed by atoms with Gasteiger partial charge in [0.2, 0.25) is 0 Å². The fourth-order valence-electron chi connectivity index (χ4n) is 2.83. The van der Waals surface area contributed by atoms with Crippen LogP contribution in [0.1, 0.15) is 42.3 Å². The lowest BCUT2D eigenvalue weighted by atomic mass is 9.96. The van der Waals surface area contributed by atoms with E-state index in [9.17, 15) is 0 Å². The normalized spacial score (nSPS) is 25.5. The average Bonchev–Trinajstić information content (AvgIpc) is 2.87. The third-order valence-corrected chi connectivity index (χ3v) is 3.66. The molecule has 0 bridgehead atoms. The molecular formula is C12H18N2O. The molecule has 0 spiro atoms. The first-order valence-corrected chi connectivity index (χ1v) is 6.01. The van der Waals surface area contributed by atoms with Gasteiger partial charge in [-0.05, 0) is 44.6 Å². The van der Waals surface area contributed by atoms with E-state index in [0.29, 0.717) is 6.04 Å². The van der Waals surface area contributed by atoms with E-state index in [4.69, 9.17) is 9.84 Å². The molecule has 0 radical (unpaired) electrons. The largest absolute Gasteiger partial charge is 0.379 e. The molecular weight excluding hydrogens is 188 g/mol. The number of aromatic nitrogens is 2. The van der Waals surface area contributed by atoms with Crippen molar-refractivity contribution in [1.82, 2.24) is 9.78 Å². The summed E-state index contributed by atoms with van der Waals surface area (Å²) in [6.07, 6.45) is 6.24. The standard InChI is InChI=1S/C12H18N2O/c1-9-11-4-2-3-5-12(11)14(13-9)10-6-7-15-8-10/h10H,2-8H2,1H3. The van der Waals surface area contributed by atoms with Crippen molar-refractivity contribution in [3.63, 3.8) is 0 Å². The van der Waals surface area contributed by atoms with Gasteiger partial charge in [0.25, 0.3) is 0 Å². The molecule has 0 saturated carbocycles. The van der Waals surface area contributed by atoms with Gasteiger partial charge in [-0.2, -0.15) is 5.10 Å². The van der Waals surface area contributed by atoms with E-state index in [1.807, 2.05) is 0 Å². The maximum atomic E-state index is 5.45. The summed E-state index contributed by atoms with van der Waals surface area (Å²) < 4.78 is 7.71. The highest BCUT2D eigenvalue weighted by Gasteiger charge is 2.25. The van der Waals surface area contributed by atoms with Crippen LogP contribution in [0.3, 0.4) is 0 Å². The van der Waals surface area contributed by atoms with Gasteiger partial charge < -0.3 is 4.74 Å². The second-order valence-electron chi connectivity index (χ2n) is 4.68. The number of hydrogen-bond acceptors (Lipinski definition) is 2. The van der Waals surface area contributed by atoms with Crippen LogP contribution in [0.2, 0.25) is 0 Å². The molecule has 3 nitrogen and oxygen atoms in total. The van der Waals surface area contributed by atoms with Gasteiger partial charge in [-0.15, -0.1) is 0 Å². The minimum absolute atomic E-state index is 0.505. The van der Waals surface area contributed by atoms with E-state index < -0.39 is 0 Å². The van der Waals surface area contributed by atoms with Crippen LogP contribution in [0.15, 0.2) is 0 Å². The second-order valence-corrected chi connectivity index (χ2v) is 4.68. The molecule has 1 aromatic rings. The molecule has 15 heavy (non-hydrogen) atoms. The Labute approximate surface area is 90.4 Å². The van der Waals surface area contributed by atoms with Crippen molar-refractivity contribution in [1.29, 1.82) is 0 Å². The van der Waals surface area contributed by atoms with E-state index in [0.717, 1.165) is 19.6 Å². The minimum atomic E-state index is 0.505.